The van der Waals surface area contributed by atoms with Crippen molar-refractivity contribution >= 4 is 10.0 Å². The van der Waals surface area contributed by atoms with Crippen LogP contribution in [0, 0.1) is 6.92 Å². The number of aromatic nitrogens is 2. The van der Waals surface area contributed by atoms with Gasteiger partial charge in [0, 0.05) is 37.4 Å². The van der Waals surface area contributed by atoms with E-state index in [1.165, 1.54) is 0 Å². The van der Waals surface area contributed by atoms with E-state index in [9.17, 15) is 8.42 Å². The molecule has 0 spiro atoms. The molecular weight excluding hydrogens is 302 g/mol. The molecule has 1 aliphatic heterocycles. The molecule has 22 heavy (non-hydrogen) atoms. The van der Waals surface area contributed by atoms with Crippen LogP contribution in [0.1, 0.15) is 49.7 Å². The maximum atomic E-state index is 11.9. The first kappa shape index (κ1) is 17.3. The molecule has 0 N–H and O–H groups in total. The lowest BCUT2D eigenvalue weighted by Gasteiger charge is -2.31. The highest BCUT2D eigenvalue weighted by Gasteiger charge is 2.29. The van der Waals surface area contributed by atoms with Crippen molar-refractivity contribution in [3.8, 4) is 0 Å². The van der Waals surface area contributed by atoms with Gasteiger partial charge in [0.25, 0.3) is 0 Å². The largest absolute Gasteiger partial charge is 0.377 e. The first-order valence-electron chi connectivity index (χ1n) is 7.86. The second kappa shape index (κ2) is 7.48. The van der Waals surface area contributed by atoms with Gasteiger partial charge in [-0.2, -0.15) is 0 Å². The van der Waals surface area contributed by atoms with E-state index in [0.29, 0.717) is 26.3 Å². The van der Waals surface area contributed by atoms with Crippen molar-refractivity contribution in [2.75, 3.05) is 25.4 Å². The Balaban J connectivity index is 2.12. The Morgan fingerprint density at radius 3 is 2.59 bits per heavy atom. The van der Waals surface area contributed by atoms with Gasteiger partial charge in [0.1, 0.15) is 5.82 Å². The lowest BCUT2D eigenvalue weighted by Crippen LogP contribution is -2.39. The number of ether oxygens (including phenoxy) is 1. The van der Waals surface area contributed by atoms with Gasteiger partial charge < -0.3 is 4.74 Å². The summed E-state index contributed by atoms with van der Waals surface area (Å²) in [6.45, 7) is 7.83. The molecule has 1 aromatic rings. The lowest BCUT2D eigenvalue weighted by atomic mass is 9.92. The number of piperidine rings is 1. The van der Waals surface area contributed by atoms with Crippen LogP contribution in [-0.4, -0.2) is 48.1 Å². The topological polar surface area (TPSA) is 72.4 Å². The molecule has 7 heteroatoms. The summed E-state index contributed by atoms with van der Waals surface area (Å²) in [6, 6.07) is 0. The van der Waals surface area contributed by atoms with Crippen LogP contribution in [0.3, 0.4) is 0 Å². The molecule has 1 aliphatic rings. The molecule has 0 aliphatic carbocycles. The molecule has 0 bridgehead atoms. The fraction of sp³-hybridized carbons (Fsp3) is 0.733. The predicted molar refractivity (Wildman–Crippen MR) is 85.1 cm³/mol. The van der Waals surface area contributed by atoms with Crippen molar-refractivity contribution < 1.29 is 13.2 Å². The molecular formula is C15H25N3O3S. The Hall–Kier alpha value is -1.05. The summed E-state index contributed by atoms with van der Waals surface area (Å²) >= 11 is 0. The highest BCUT2D eigenvalue weighted by atomic mass is 32.2. The normalized spacial score (nSPS) is 17.8. The van der Waals surface area contributed by atoms with Gasteiger partial charge in [-0.15, -0.1) is 0 Å². The SMILES string of the molecule is CCOCc1cnc(C)nc1C1CCN(S(=O)(=O)CC)CC1. The van der Waals surface area contributed by atoms with E-state index in [0.717, 1.165) is 29.9 Å². The minimum absolute atomic E-state index is 0.167. The first-order valence-corrected chi connectivity index (χ1v) is 9.46. The maximum Gasteiger partial charge on any atom is 0.213 e. The minimum atomic E-state index is -3.08. The molecule has 1 fully saturated rings. The van der Waals surface area contributed by atoms with Crippen LogP contribution in [0.4, 0.5) is 0 Å². The molecule has 0 aromatic carbocycles. The van der Waals surface area contributed by atoms with Gasteiger partial charge in [0.05, 0.1) is 18.1 Å². The molecule has 124 valence electrons. The average molecular weight is 327 g/mol. The number of sulfonamides is 1. The fourth-order valence-corrected chi connectivity index (χ4v) is 3.91. The van der Waals surface area contributed by atoms with Gasteiger partial charge >= 0.3 is 0 Å². The third-order valence-corrected chi connectivity index (χ3v) is 5.96. The zero-order valence-corrected chi connectivity index (χ0v) is 14.4. The van der Waals surface area contributed by atoms with E-state index in [2.05, 4.69) is 9.97 Å². The Labute approximate surface area is 133 Å². The van der Waals surface area contributed by atoms with Crippen molar-refractivity contribution in [1.82, 2.24) is 14.3 Å². The van der Waals surface area contributed by atoms with Gasteiger partial charge in [0.2, 0.25) is 10.0 Å². The summed E-state index contributed by atoms with van der Waals surface area (Å²) in [5.41, 5.74) is 2.04. The Kier molecular flexibility index (Phi) is 5.88. The monoisotopic (exact) mass is 327 g/mol. The van der Waals surface area contributed by atoms with E-state index in [1.807, 2.05) is 20.0 Å². The Bertz CT molecular complexity index is 596. The van der Waals surface area contributed by atoms with Crippen LogP contribution >= 0.6 is 0 Å². The summed E-state index contributed by atoms with van der Waals surface area (Å²) < 4.78 is 31.0. The predicted octanol–water partition coefficient (Wildman–Crippen LogP) is 1.85. The fourth-order valence-electron chi connectivity index (χ4n) is 2.78. The molecule has 0 amide bonds. The molecule has 0 saturated carbocycles. The standard InChI is InChI=1S/C15H25N3O3S/c1-4-21-11-14-10-16-12(3)17-15(14)13-6-8-18(9-7-13)22(19,20)5-2/h10,13H,4-9,11H2,1-3H3. The van der Waals surface area contributed by atoms with Crippen LogP contribution < -0.4 is 0 Å². The third kappa shape index (κ3) is 4.02. The minimum Gasteiger partial charge on any atom is -0.377 e. The second-order valence-electron chi connectivity index (χ2n) is 5.54. The number of aryl methyl sites for hydroxylation is 1. The van der Waals surface area contributed by atoms with Gasteiger partial charge in [0.15, 0.2) is 0 Å². The number of hydrogen-bond donors (Lipinski definition) is 0. The van der Waals surface area contributed by atoms with Gasteiger partial charge in [-0.1, -0.05) is 0 Å². The Morgan fingerprint density at radius 1 is 1.32 bits per heavy atom. The van der Waals surface area contributed by atoms with E-state index in [4.69, 9.17) is 4.74 Å². The van der Waals surface area contributed by atoms with E-state index in [-0.39, 0.29) is 11.7 Å². The van der Waals surface area contributed by atoms with Crippen LogP contribution in [0.15, 0.2) is 6.20 Å². The van der Waals surface area contributed by atoms with E-state index in [1.54, 1.807) is 11.2 Å². The molecule has 0 atom stereocenters. The number of nitrogens with zero attached hydrogens (tertiary/aromatic N) is 3. The summed E-state index contributed by atoms with van der Waals surface area (Å²) in [5.74, 6) is 1.19. The molecule has 0 unspecified atom stereocenters. The average Bonchev–Trinajstić information content (AvgIpc) is 2.54. The first-order chi connectivity index (χ1) is 10.5. The molecule has 0 radical (unpaired) electrons. The molecule has 1 saturated heterocycles. The molecule has 2 heterocycles. The van der Waals surface area contributed by atoms with Crippen LogP contribution in [0.2, 0.25) is 0 Å². The summed E-state index contributed by atoms with van der Waals surface area (Å²) in [6.07, 6.45) is 3.44. The highest BCUT2D eigenvalue weighted by molar-refractivity contribution is 7.89. The summed E-state index contributed by atoms with van der Waals surface area (Å²) in [4.78, 5) is 8.86. The lowest BCUT2D eigenvalue weighted by molar-refractivity contribution is 0.132. The van der Waals surface area contributed by atoms with Crippen molar-refractivity contribution in [3.63, 3.8) is 0 Å². The van der Waals surface area contributed by atoms with Crippen LogP contribution in [-0.2, 0) is 21.4 Å². The summed E-state index contributed by atoms with van der Waals surface area (Å²) in [5, 5.41) is 0. The quantitative estimate of drug-likeness (QED) is 0.797. The third-order valence-electron chi connectivity index (χ3n) is 4.08. The van der Waals surface area contributed by atoms with Crippen LogP contribution in [0.25, 0.3) is 0 Å². The van der Waals surface area contributed by atoms with Crippen molar-refractivity contribution in [2.45, 2.75) is 46.1 Å². The molecule has 6 nitrogen and oxygen atoms in total. The van der Waals surface area contributed by atoms with Gasteiger partial charge in [-0.05, 0) is 33.6 Å². The van der Waals surface area contributed by atoms with Crippen molar-refractivity contribution in [1.29, 1.82) is 0 Å². The van der Waals surface area contributed by atoms with Crippen molar-refractivity contribution in [2.24, 2.45) is 0 Å². The highest BCUT2D eigenvalue weighted by Crippen LogP contribution is 2.30. The van der Waals surface area contributed by atoms with Gasteiger partial charge in [-0.25, -0.2) is 22.7 Å². The van der Waals surface area contributed by atoms with E-state index >= 15 is 0 Å². The Morgan fingerprint density at radius 2 is 2.00 bits per heavy atom. The van der Waals surface area contributed by atoms with E-state index < -0.39 is 10.0 Å². The van der Waals surface area contributed by atoms with Crippen LogP contribution in [0.5, 0.6) is 0 Å². The number of rotatable bonds is 6. The van der Waals surface area contributed by atoms with Gasteiger partial charge in [-0.3, -0.25) is 0 Å². The number of hydrogen-bond acceptors (Lipinski definition) is 5. The zero-order chi connectivity index (χ0) is 16.2. The maximum absolute atomic E-state index is 11.9. The summed E-state index contributed by atoms with van der Waals surface area (Å²) in [7, 11) is -3.08. The zero-order valence-electron chi connectivity index (χ0n) is 13.6. The smallest absolute Gasteiger partial charge is 0.213 e. The molecule has 2 rings (SSSR count). The second-order valence-corrected chi connectivity index (χ2v) is 7.80. The molecule has 1 aromatic heterocycles. The van der Waals surface area contributed by atoms with Crippen molar-refractivity contribution in [3.05, 3.63) is 23.3 Å².